The zero-order valence-corrected chi connectivity index (χ0v) is 15.2. The maximum absolute atomic E-state index is 9.34. The first-order valence-corrected chi connectivity index (χ1v) is 8.57. The highest BCUT2D eigenvalue weighted by molar-refractivity contribution is 5.92. The third kappa shape index (κ3) is 3.23. The summed E-state index contributed by atoms with van der Waals surface area (Å²) in [5.74, 6) is 2.84. The molecule has 0 amide bonds. The summed E-state index contributed by atoms with van der Waals surface area (Å²) in [4.78, 5) is 21.5. The fraction of sp³-hybridized carbons (Fsp3) is 0.333. The smallest absolute Gasteiger partial charge is 0.225 e. The van der Waals surface area contributed by atoms with E-state index >= 15 is 0 Å². The van der Waals surface area contributed by atoms with E-state index in [0.29, 0.717) is 17.4 Å². The molecule has 4 rings (SSSR count). The first-order chi connectivity index (χ1) is 13.2. The largest absolute Gasteiger partial charge is 0.505 e. The zero-order chi connectivity index (χ0) is 18.8. The molecule has 3 heterocycles. The molecular weight excluding hydrogens is 348 g/mol. The van der Waals surface area contributed by atoms with Gasteiger partial charge in [0.2, 0.25) is 5.95 Å². The van der Waals surface area contributed by atoms with E-state index in [1.54, 1.807) is 20.5 Å². The molecule has 0 saturated carbocycles. The predicted molar refractivity (Wildman–Crippen MR) is 101 cm³/mol. The van der Waals surface area contributed by atoms with Gasteiger partial charge in [0.1, 0.15) is 12.1 Å². The number of hydrogen-bond donors (Lipinski definition) is 1. The van der Waals surface area contributed by atoms with Gasteiger partial charge in [-0.3, -0.25) is 0 Å². The number of aromatic nitrogens is 4. The number of hydrogen-bond acceptors (Lipinski definition) is 9. The molecule has 2 aromatic heterocycles. The minimum Gasteiger partial charge on any atom is -0.505 e. The van der Waals surface area contributed by atoms with Crippen molar-refractivity contribution in [1.29, 1.82) is 0 Å². The summed E-state index contributed by atoms with van der Waals surface area (Å²) in [5, 5.41) is 10.3. The molecule has 1 aliphatic heterocycles. The normalized spacial score (nSPS) is 14.4. The lowest BCUT2D eigenvalue weighted by molar-refractivity contribution is 0.356. The third-order valence-corrected chi connectivity index (χ3v) is 4.61. The number of piperazine rings is 1. The highest BCUT2D eigenvalue weighted by Crippen LogP contribution is 2.35. The monoisotopic (exact) mass is 368 g/mol. The van der Waals surface area contributed by atoms with Gasteiger partial charge >= 0.3 is 0 Å². The Morgan fingerprint density at radius 3 is 2.15 bits per heavy atom. The Morgan fingerprint density at radius 2 is 1.48 bits per heavy atom. The molecule has 1 fully saturated rings. The average molecular weight is 368 g/mol. The van der Waals surface area contributed by atoms with E-state index in [-0.39, 0.29) is 5.75 Å². The van der Waals surface area contributed by atoms with Gasteiger partial charge in [-0.25, -0.2) is 19.9 Å². The minimum absolute atomic E-state index is 0.0641. The van der Waals surface area contributed by atoms with Crippen LogP contribution in [-0.2, 0) is 0 Å². The first-order valence-electron chi connectivity index (χ1n) is 8.57. The van der Waals surface area contributed by atoms with Crippen molar-refractivity contribution < 1.29 is 14.6 Å². The highest BCUT2D eigenvalue weighted by atomic mass is 16.5. The van der Waals surface area contributed by atoms with Crippen LogP contribution < -0.4 is 19.3 Å². The van der Waals surface area contributed by atoms with Gasteiger partial charge in [0.05, 0.1) is 32.1 Å². The van der Waals surface area contributed by atoms with Gasteiger partial charge in [-0.1, -0.05) is 0 Å². The molecule has 1 aromatic carbocycles. The molecule has 0 bridgehead atoms. The van der Waals surface area contributed by atoms with E-state index < -0.39 is 0 Å². The lowest BCUT2D eigenvalue weighted by atomic mass is 10.2. The van der Waals surface area contributed by atoms with Gasteiger partial charge in [-0.2, -0.15) is 0 Å². The van der Waals surface area contributed by atoms with Crippen molar-refractivity contribution in [2.24, 2.45) is 0 Å². The molecule has 27 heavy (non-hydrogen) atoms. The number of fused-ring (bicyclic) bond motifs is 1. The minimum atomic E-state index is 0.0641. The Bertz CT molecular complexity index is 942. The molecule has 0 unspecified atom stereocenters. The summed E-state index contributed by atoms with van der Waals surface area (Å²) in [6.07, 6.45) is 4.39. The van der Waals surface area contributed by atoms with Crippen LogP contribution in [0.1, 0.15) is 0 Å². The van der Waals surface area contributed by atoms with Crippen LogP contribution >= 0.6 is 0 Å². The van der Waals surface area contributed by atoms with Crippen molar-refractivity contribution in [2.45, 2.75) is 0 Å². The van der Waals surface area contributed by atoms with Crippen LogP contribution in [-0.4, -0.2) is 65.4 Å². The second-order valence-electron chi connectivity index (χ2n) is 6.14. The van der Waals surface area contributed by atoms with Gasteiger partial charge in [-0.15, -0.1) is 0 Å². The quantitative estimate of drug-likeness (QED) is 0.734. The summed E-state index contributed by atoms with van der Waals surface area (Å²) in [5.41, 5.74) is 0.807. The Hall–Kier alpha value is -3.36. The summed E-state index contributed by atoms with van der Waals surface area (Å²) < 4.78 is 10.8. The van der Waals surface area contributed by atoms with Crippen molar-refractivity contribution in [2.75, 3.05) is 50.2 Å². The fourth-order valence-corrected chi connectivity index (χ4v) is 3.22. The average Bonchev–Trinajstić information content (AvgIpc) is 2.73. The van der Waals surface area contributed by atoms with E-state index in [4.69, 9.17) is 9.47 Å². The van der Waals surface area contributed by atoms with Gasteiger partial charge in [0, 0.05) is 37.6 Å². The van der Waals surface area contributed by atoms with Crippen molar-refractivity contribution in [3.05, 3.63) is 30.9 Å². The second-order valence-corrected chi connectivity index (χ2v) is 6.14. The van der Waals surface area contributed by atoms with Crippen molar-refractivity contribution in [3.8, 4) is 17.2 Å². The van der Waals surface area contributed by atoms with Crippen LogP contribution in [0.4, 0.5) is 11.8 Å². The van der Waals surface area contributed by atoms with Crippen LogP contribution in [0.5, 0.6) is 17.2 Å². The van der Waals surface area contributed by atoms with Gasteiger partial charge in [0.25, 0.3) is 0 Å². The van der Waals surface area contributed by atoms with Crippen LogP contribution in [0, 0.1) is 0 Å². The van der Waals surface area contributed by atoms with E-state index in [2.05, 4.69) is 29.7 Å². The number of anilines is 2. The molecule has 3 aromatic rings. The summed E-state index contributed by atoms with van der Waals surface area (Å²) in [6, 6.07) is 3.78. The zero-order valence-electron chi connectivity index (χ0n) is 15.2. The summed E-state index contributed by atoms with van der Waals surface area (Å²) >= 11 is 0. The van der Waals surface area contributed by atoms with Gasteiger partial charge in [0.15, 0.2) is 17.2 Å². The summed E-state index contributed by atoms with van der Waals surface area (Å²) in [6.45, 7) is 3.04. The Labute approximate surface area is 156 Å². The van der Waals surface area contributed by atoms with Crippen molar-refractivity contribution in [1.82, 2.24) is 19.9 Å². The lowest BCUT2D eigenvalue weighted by Gasteiger charge is -2.35. The fourth-order valence-electron chi connectivity index (χ4n) is 3.22. The lowest BCUT2D eigenvalue weighted by Crippen LogP contribution is -2.47. The molecule has 9 heteroatoms. The van der Waals surface area contributed by atoms with Crippen LogP contribution in [0.3, 0.4) is 0 Å². The Morgan fingerprint density at radius 1 is 0.852 bits per heavy atom. The number of aromatic hydroxyl groups is 1. The van der Waals surface area contributed by atoms with Crippen LogP contribution in [0.25, 0.3) is 10.9 Å². The number of methoxy groups -OCH3 is 2. The molecule has 0 aliphatic carbocycles. The van der Waals surface area contributed by atoms with E-state index in [9.17, 15) is 5.11 Å². The number of benzene rings is 1. The molecule has 1 aliphatic rings. The highest BCUT2D eigenvalue weighted by Gasteiger charge is 2.22. The molecule has 9 nitrogen and oxygen atoms in total. The maximum Gasteiger partial charge on any atom is 0.225 e. The molecular formula is C18H20N6O3. The Balaban J connectivity index is 1.59. The SMILES string of the molecule is COc1cc2ncnc(N3CCN(c4ncc(O)cn4)CC3)c2cc1OC. The molecule has 140 valence electrons. The first kappa shape index (κ1) is 17.1. The summed E-state index contributed by atoms with van der Waals surface area (Å²) in [7, 11) is 3.22. The van der Waals surface area contributed by atoms with E-state index in [1.807, 2.05) is 12.1 Å². The second kappa shape index (κ2) is 7.10. The molecule has 1 saturated heterocycles. The van der Waals surface area contributed by atoms with Gasteiger partial charge in [-0.05, 0) is 6.07 Å². The molecule has 0 radical (unpaired) electrons. The van der Waals surface area contributed by atoms with Gasteiger partial charge < -0.3 is 24.4 Å². The topological polar surface area (TPSA) is 96.7 Å². The van der Waals surface area contributed by atoms with Crippen LogP contribution in [0.15, 0.2) is 30.9 Å². The van der Waals surface area contributed by atoms with Crippen molar-refractivity contribution in [3.63, 3.8) is 0 Å². The number of rotatable bonds is 4. The van der Waals surface area contributed by atoms with Crippen LogP contribution in [0.2, 0.25) is 0 Å². The molecule has 1 N–H and O–H groups in total. The number of ether oxygens (including phenoxy) is 2. The third-order valence-electron chi connectivity index (χ3n) is 4.61. The molecule has 0 spiro atoms. The number of nitrogens with zero attached hydrogens (tertiary/aromatic N) is 6. The van der Waals surface area contributed by atoms with Crippen molar-refractivity contribution >= 4 is 22.7 Å². The predicted octanol–water partition coefficient (Wildman–Crippen LogP) is 1.47. The molecule has 0 atom stereocenters. The standard InChI is InChI=1S/C18H20N6O3/c1-26-15-7-13-14(8-16(15)27-2)21-11-22-17(13)23-3-5-24(6-4-23)18-19-9-12(25)10-20-18/h7-11,25H,3-6H2,1-2H3. The van der Waals surface area contributed by atoms with E-state index in [1.165, 1.54) is 12.4 Å². The van der Waals surface area contributed by atoms with E-state index in [0.717, 1.165) is 42.9 Å². The maximum atomic E-state index is 9.34. The Kier molecular flexibility index (Phi) is 4.49.